The van der Waals surface area contributed by atoms with Crippen molar-refractivity contribution in [3.63, 3.8) is 0 Å². The lowest BCUT2D eigenvalue weighted by Crippen LogP contribution is -2.30. The normalized spacial score (nSPS) is 12.6. The summed E-state index contributed by atoms with van der Waals surface area (Å²) >= 11 is 0. The van der Waals surface area contributed by atoms with Crippen LogP contribution in [0.15, 0.2) is 60.8 Å². The van der Waals surface area contributed by atoms with Crippen molar-refractivity contribution < 1.29 is 28.6 Å². The third kappa shape index (κ3) is 42.3. The molecule has 0 bridgehead atoms. The van der Waals surface area contributed by atoms with Crippen LogP contribution in [0, 0.1) is 0 Å². The van der Waals surface area contributed by atoms with Gasteiger partial charge < -0.3 is 14.2 Å². The smallest absolute Gasteiger partial charge is 0.306 e. The molecule has 0 aromatic heterocycles. The first-order chi connectivity index (χ1) is 27.5. The Morgan fingerprint density at radius 1 is 0.375 bits per heavy atom. The van der Waals surface area contributed by atoms with E-state index in [9.17, 15) is 14.4 Å². The van der Waals surface area contributed by atoms with Gasteiger partial charge in [-0.15, -0.1) is 0 Å². The number of unbranched alkanes of at least 4 members (excludes halogenated alkanes) is 20. The van der Waals surface area contributed by atoms with Crippen molar-refractivity contribution in [2.45, 2.75) is 226 Å². The highest BCUT2D eigenvalue weighted by atomic mass is 16.6. The number of rotatable bonds is 41. The minimum atomic E-state index is -0.795. The van der Waals surface area contributed by atoms with Crippen molar-refractivity contribution in [1.82, 2.24) is 0 Å². The summed E-state index contributed by atoms with van der Waals surface area (Å²) < 4.78 is 16.7. The van der Waals surface area contributed by atoms with Gasteiger partial charge in [-0.05, 0) is 77.0 Å². The molecule has 0 aliphatic rings. The Hall–Kier alpha value is -2.89. The van der Waals surface area contributed by atoms with E-state index in [0.717, 1.165) is 103 Å². The molecule has 0 N–H and O–H groups in total. The average molecular weight is 783 g/mol. The van der Waals surface area contributed by atoms with Gasteiger partial charge in [0.1, 0.15) is 13.2 Å². The van der Waals surface area contributed by atoms with Crippen molar-refractivity contribution in [2.75, 3.05) is 13.2 Å². The van der Waals surface area contributed by atoms with Crippen LogP contribution in [0.3, 0.4) is 0 Å². The Morgan fingerprint density at radius 3 is 1.12 bits per heavy atom. The molecule has 0 heterocycles. The van der Waals surface area contributed by atoms with Gasteiger partial charge in [-0.3, -0.25) is 14.4 Å². The predicted molar refractivity (Wildman–Crippen MR) is 238 cm³/mol. The molecule has 0 aromatic rings. The van der Waals surface area contributed by atoms with E-state index in [0.29, 0.717) is 19.3 Å². The van der Waals surface area contributed by atoms with Crippen molar-refractivity contribution in [1.29, 1.82) is 0 Å². The van der Waals surface area contributed by atoms with Crippen molar-refractivity contribution in [3.8, 4) is 0 Å². The largest absolute Gasteiger partial charge is 0.462 e. The fourth-order valence-electron chi connectivity index (χ4n) is 6.32. The van der Waals surface area contributed by atoms with Gasteiger partial charge in [0, 0.05) is 19.3 Å². The molecule has 0 amide bonds. The molecule has 0 saturated carbocycles. The van der Waals surface area contributed by atoms with Crippen molar-refractivity contribution >= 4 is 17.9 Å². The molecule has 6 nitrogen and oxygen atoms in total. The van der Waals surface area contributed by atoms with E-state index in [-0.39, 0.29) is 37.5 Å². The molecule has 6 heteroatoms. The molecule has 0 aliphatic heterocycles. The molecule has 0 spiro atoms. The lowest BCUT2D eigenvalue weighted by atomic mass is 10.0. The Balaban J connectivity index is 4.43. The maximum absolute atomic E-state index is 12.7. The van der Waals surface area contributed by atoms with Crippen LogP contribution >= 0.6 is 0 Å². The molecule has 0 aromatic carbocycles. The molecule has 0 saturated heterocycles. The first-order valence-electron chi connectivity index (χ1n) is 23.3. The monoisotopic (exact) mass is 783 g/mol. The summed E-state index contributed by atoms with van der Waals surface area (Å²) in [6.45, 7) is 6.36. The summed E-state index contributed by atoms with van der Waals surface area (Å²) in [5, 5.41) is 0. The lowest BCUT2D eigenvalue weighted by molar-refractivity contribution is -0.167. The van der Waals surface area contributed by atoms with E-state index in [2.05, 4.69) is 81.5 Å². The van der Waals surface area contributed by atoms with Crippen LogP contribution in [0.1, 0.15) is 220 Å². The second-order valence-electron chi connectivity index (χ2n) is 15.3. The summed E-state index contributed by atoms with van der Waals surface area (Å²) in [6.07, 6.45) is 53.5. The SMILES string of the molecule is CC/C=C\C/C=C\C/C=C\CCCCC(=O)OC(COC(=O)CCCCCCC/C=C\C/C=C\CC)COC(=O)CCCCCCCCCCCCCCCC. The van der Waals surface area contributed by atoms with Gasteiger partial charge in [0.25, 0.3) is 0 Å². The van der Waals surface area contributed by atoms with Gasteiger partial charge in [0.15, 0.2) is 6.10 Å². The molecular formula is C50H86O6. The number of carbonyl (C=O) groups is 3. The van der Waals surface area contributed by atoms with Crippen LogP contribution in [0.5, 0.6) is 0 Å². The molecular weight excluding hydrogens is 697 g/mol. The van der Waals surface area contributed by atoms with Crippen molar-refractivity contribution in [3.05, 3.63) is 60.8 Å². The zero-order valence-corrected chi connectivity index (χ0v) is 36.6. The zero-order chi connectivity index (χ0) is 40.8. The molecule has 0 aliphatic carbocycles. The summed E-state index contributed by atoms with van der Waals surface area (Å²) in [7, 11) is 0. The van der Waals surface area contributed by atoms with Gasteiger partial charge in [0.05, 0.1) is 0 Å². The number of hydrogen-bond donors (Lipinski definition) is 0. The Bertz CT molecular complexity index is 1040. The number of ether oxygens (including phenoxy) is 3. The van der Waals surface area contributed by atoms with Crippen LogP contribution in [-0.4, -0.2) is 37.2 Å². The molecule has 0 fully saturated rings. The Labute approximate surface area is 345 Å². The van der Waals surface area contributed by atoms with E-state index in [1.54, 1.807) is 0 Å². The molecule has 56 heavy (non-hydrogen) atoms. The highest BCUT2D eigenvalue weighted by molar-refractivity contribution is 5.71. The third-order valence-electron chi connectivity index (χ3n) is 9.77. The molecule has 1 unspecified atom stereocenters. The molecule has 0 rings (SSSR count). The molecule has 1 atom stereocenters. The van der Waals surface area contributed by atoms with Gasteiger partial charge in [-0.1, -0.05) is 184 Å². The zero-order valence-electron chi connectivity index (χ0n) is 36.6. The van der Waals surface area contributed by atoms with Gasteiger partial charge in [0.2, 0.25) is 0 Å². The van der Waals surface area contributed by atoms with Crippen LogP contribution in [0.4, 0.5) is 0 Å². The Kier molecular flexibility index (Phi) is 42.5. The molecule has 322 valence electrons. The van der Waals surface area contributed by atoms with Gasteiger partial charge in [-0.25, -0.2) is 0 Å². The number of esters is 3. The van der Waals surface area contributed by atoms with Crippen molar-refractivity contribution in [2.24, 2.45) is 0 Å². The Morgan fingerprint density at radius 2 is 0.696 bits per heavy atom. The predicted octanol–water partition coefficient (Wildman–Crippen LogP) is 14.9. The minimum absolute atomic E-state index is 0.0930. The summed E-state index contributed by atoms with van der Waals surface area (Å²) in [6, 6.07) is 0. The second kappa shape index (κ2) is 44.8. The topological polar surface area (TPSA) is 78.9 Å². The quantitative estimate of drug-likeness (QED) is 0.0266. The standard InChI is InChI=1S/C50H86O6/c1-4-7-10-13-16-19-22-25-26-29-31-34-37-40-43-49(52)55-46-47(56-50(53)44-41-38-35-32-28-24-21-18-15-12-9-6-3)45-54-48(51)42-39-36-33-30-27-23-20-17-14-11-8-5-2/h8-9,11-12,17-18,20-21,28,32,47H,4-7,10,13-16,19,22-27,29-31,33-46H2,1-3H3/b11-8-,12-9-,20-17-,21-18-,32-28-. The number of allylic oxidation sites excluding steroid dienone is 10. The van der Waals surface area contributed by atoms with E-state index < -0.39 is 6.10 Å². The highest BCUT2D eigenvalue weighted by Gasteiger charge is 2.19. The van der Waals surface area contributed by atoms with E-state index in [1.807, 2.05) is 0 Å². The fraction of sp³-hybridized carbons (Fsp3) is 0.740. The van der Waals surface area contributed by atoms with Gasteiger partial charge >= 0.3 is 17.9 Å². The van der Waals surface area contributed by atoms with E-state index in [1.165, 1.54) is 70.6 Å². The summed E-state index contributed by atoms with van der Waals surface area (Å²) in [4.78, 5) is 37.7. The molecule has 0 radical (unpaired) electrons. The van der Waals surface area contributed by atoms with E-state index >= 15 is 0 Å². The summed E-state index contributed by atoms with van der Waals surface area (Å²) in [5.41, 5.74) is 0. The summed E-state index contributed by atoms with van der Waals surface area (Å²) in [5.74, 6) is -0.950. The minimum Gasteiger partial charge on any atom is -0.462 e. The maximum atomic E-state index is 12.7. The van der Waals surface area contributed by atoms with Crippen LogP contribution < -0.4 is 0 Å². The van der Waals surface area contributed by atoms with Gasteiger partial charge in [-0.2, -0.15) is 0 Å². The second-order valence-corrected chi connectivity index (χ2v) is 15.3. The van der Waals surface area contributed by atoms with Crippen LogP contribution in [-0.2, 0) is 28.6 Å². The third-order valence-corrected chi connectivity index (χ3v) is 9.77. The van der Waals surface area contributed by atoms with Crippen LogP contribution in [0.2, 0.25) is 0 Å². The number of hydrogen-bond acceptors (Lipinski definition) is 6. The first-order valence-corrected chi connectivity index (χ1v) is 23.3. The average Bonchev–Trinajstić information content (AvgIpc) is 3.19. The fourth-order valence-corrected chi connectivity index (χ4v) is 6.32. The lowest BCUT2D eigenvalue weighted by Gasteiger charge is -2.18. The number of carbonyl (C=O) groups excluding carboxylic acids is 3. The maximum Gasteiger partial charge on any atom is 0.306 e. The van der Waals surface area contributed by atoms with E-state index in [4.69, 9.17) is 14.2 Å². The first kappa shape index (κ1) is 53.1. The highest BCUT2D eigenvalue weighted by Crippen LogP contribution is 2.14. The van der Waals surface area contributed by atoms with Crippen LogP contribution in [0.25, 0.3) is 0 Å².